The van der Waals surface area contributed by atoms with Crippen molar-refractivity contribution in [2.45, 2.75) is 31.9 Å². The Kier molecular flexibility index (Phi) is 8.15. The molecule has 0 aliphatic rings. The fourth-order valence-corrected chi connectivity index (χ4v) is 3.15. The molecule has 2 rings (SSSR count). The first-order chi connectivity index (χ1) is 13.8. The van der Waals surface area contributed by atoms with Crippen LogP contribution in [-0.4, -0.2) is 42.2 Å². The van der Waals surface area contributed by atoms with Gasteiger partial charge in [-0.15, -0.1) is 0 Å². The molecule has 156 valence electrons. The molecule has 2 aromatic carbocycles. The van der Waals surface area contributed by atoms with E-state index in [1.165, 1.54) is 38.4 Å². The van der Waals surface area contributed by atoms with E-state index >= 15 is 0 Å². The Balaban J connectivity index is 2.13. The van der Waals surface area contributed by atoms with Crippen LogP contribution in [0.3, 0.4) is 0 Å². The number of rotatable bonds is 8. The average Bonchev–Trinajstić information content (AvgIpc) is 2.73. The minimum absolute atomic E-state index is 0.276. The molecule has 0 heterocycles. The molecule has 29 heavy (non-hydrogen) atoms. The molecule has 0 saturated carbocycles. The smallest absolute Gasteiger partial charge is 0.415 e. The van der Waals surface area contributed by atoms with Gasteiger partial charge in [0.2, 0.25) is 5.91 Å². The zero-order valence-corrected chi connectivity index (χ0v) is 16.8. The van der Waals surface area contributed by atoms with Gasteiger partial charge in [-0.3, -0.25) is 9.69 Å². The van der Waals surface area contributed by atoms with Crippen LogP contribution in [0.4, 0.5) is 14.9 Å². The van der Waals surface area contributed by atoms with Crippen molar-refractivity contribution >= 4 is 17.7 Å². The molecular formula is C22H27FN2O4. The number of imide groups is 1. The highest BCUT2D eigenvalue weighted by Gasteiger charge is 2.31. The van der Waals surface area contributed by atoms with Gasteiger partial charge in [-0.05, 0) is 49.6 Å². The van der Waals surface area contributed by atoms with Gasteiger partial charge >= 0.3 is 6.09 Å². The van der Waals surface area contributed by atoms with Crippen LogP contribution < -0.4 is 5.32 Å². The molecule has 3 atom stereocenters. The van der Waals surface area contributed by atoms with Gasteiger partial charge in [0, 0.05) is 18.8 Å². The fraction of sp³-hybridized carbons (Fsp3) is 0.364. The van der Waals surface area contributed by atoms with Crippen LogP contribution in [-0.2, 0) is 9.53 Å². The zero-order valence-electron chi connectivity index (χ0n) is 16.8. The van der Waals surface area contributed by atoms with Crippen LogP contribution in [0.1, 0.15) is 31.4 Å². The largest absolute Gasteiger partial charge is 0.452 e. The molecule has 3 unspecified atom stereocenters. The molecule has 0 aliphatic heterocycles. The number of methoxy groups -OCH3 is 1. The second-order valence-electron chi connectivity index (χ2n) is 6.92. The summed E-state index contributed by atoms with van der Waals surface area (Å²) in [5.74, 6) is -1.37. The zero-order chi connectivity index (χ0) is 21.4. The summed E-state index contributed by atoms with van der Waals surface area (Å²) in [4.78, 5) is 25.7. The monoisotopic (exact) mass is 402 g/mol. The minimum Gasteiger partial charge on any atom is -0.452 e. The van der Waals surface area contributed by atoms with E-state index in [1.807, 2.05) is 37.3 Å². The first-order valence-corrected chi connectivity index (χ1v) is 9.44. The van der Waals surface area contributed by atoms with E-state index in [0.717, 1.165) is 10.6 Å². The number of halogens is 1. The van der Waals surface area contributed by atoms with Crippen molar-refractivity contribution in [3.8, 4) is 0 Å². The fourth-order valence-electron chi connectivity index (χ4n) is 3.15. The number of benzene rings is 2. The number of nitrogens with one attached hydrogen (secondary N) is 1. The maximum atomic E-state index is 13.1. The molecule has 0 spiro atoms. The number of anilines is 1. The van der Waals surface area contributed by atoms with Crippen molar-refractivity contribution < 1.29 is 23.8 Å². The van der Waals surface area contributed by atoms with Gasteiger partial charge < -0.3 is 15.2 Å². The molecule has 0 aromatic heterocycles. The number of ether oxygens (including phenoxy) is 1. The van der Waals surface area contributed by atoms with E-state index < -0.39 is 24.0 Å². The molecule has 0 saturated heterocycles. The molecule has 6 nitrogen and oxygen atoms in total. The third-order valence-electron chi connectivity index (χ3n) is 4.87. The Hall–Kier alpha value is -2.93. The Morgan fingerprint density at radius 2 is 1.72 bits per heavy atom. The average molecular weight is 402 g/mol. The number of hydrogen-bond donors (Lipinski definition) is 2. The van der Waals surface area contributed by atoms with Gasteiger partial charge in [0.05, 0.1) is 19.1 Å². The predicted molar refractivity (Wildman–Crippen MR) is 109 cm³/mol. The van der Waals surface area contributed by atoms with Crippen molar-refractivity contribution in [3.63, 3.8) is 0 Å². The lowest BCUT2D eigenvalue weighted by molar-refractivity contribution is -0.133. The molecular weight excluding hydrogens is 375 g/mol. The van der Waals surface area contributed by atoms with Gasteiger partial charge in [0.1, 0.15) is 5.82 Å². The van der Waals surface area contributed by atoms with Gasteiger partial charge in [-0.25, -0.2) is 9.18 Å². The molecule has 2 N–H and O–H groups in total. The summed E-state index contributed by atoms with van der Waals surface area (Å²) in [5, 5.41) is 13.7. The van der Waals surface area contributed by atoms with Crippen LogP contribution in [0.2, 0.25) is 0 Å². The Morgan fingerprint density at radius 3 is 2.31 bits per heavy atom. The summed E-state index contributed by atoms with van der Waals surface area (Å²) in [6.07, 6.45) is -0.998. The van der Waals surface area contributed by atoms with E-state index in [-0.39, 0.29) is 18.3 Å². The minimum atomic E-state index is -0.849. The maximum absolute atomic E-state index is 13.1. The highest BCUT2D eigenvalue weighted by molar-refractivity contribution is 5.93. The Labute approximate surface area is 170 Å². The van der Waals surface area contributed by atoms with Crippen molar-refractivity contribution in [1.29, 1.82) is 0 Å². The van der Waals surface area contributed by atoms with Crippen molar-refractivity contribution in [3.05, 3.63) is 66.0 Å². The van der Waals surface area contributed by atoms with E-state index in [4.69, 9.17) is 0 Å². The number of hydrogen-bond acceptors (Lipinski definition) is 5. The van der Waals surface area contributed by atoms with E-state index in [9.17, 15) is 19.1 Å². The Morgan fingerprint density at radius 1 is 1.10 bits per heavy atom. The third kappa shape index (κ3) is 6.29. The lowest BCUT2D eigenvalue weighted by Gasteiger charge is -2.28. The lowest BCUT2D eigenvalue weighted by Crippen LogP contribution is -2.43. The van der Waals surface area contributed by atoms with Gasteiger partial charge in [-0.2, -0.15) is 0 Å². The second-order valence-corrected chi connectivity index (χ2v) is 6.92. The molecule has 7 heteroatoms. The predicted octanol–water partition coefficient (Wildman–Crippen LogP) is 3.98. The van der Waals surface area contributed by atoms with Crippen molar-refractivity contribution in [1.82, 2.24) is 4.90 Å². The third-order valence-corrected chi connectivity index (χ3v) is 4.87. The van der Waals surface area contributed by atoms with Crippen LogP contribution in [0.5, 0.6) is 0 Å². The van der Waals surface area contributed by atoms with Gasteiger partial charge in [0.25, 0.3) is 0 Å². The molecule has 0 bridgehead atoms. The molecule has 0 aliphatic carbocycles. The van der Waals surface area contributed by atoms with Crippen LogP contribution in [0.15, 0.2) is 54.6 Å². The number of carbonyl (C=O) groups excluding carboxylic acids is 2. The summed E-state index contributed by atoms with van der Waals surface area (Å²) in [5.41, 5.74) is 1.42. The van der Waals surface area contributed by atoms with Crippen LogP contribution in [0.25, 0.3) is 0 Å². The van der Waals surface area contributed by atoms with E-state index in [2.05, 4.69) is 10.1 Å². The number of aliphatic hydroxyl groups excluding tert-OH is 1. The number of nitrogens with zero attached hydrogens (tertiary/aromatic N) is 1. The highest BCUT2D eigenvalue weighted by atomic mass is 19.1. The number of aliphatic hydroxyl groups is 1. The lowest BCUT2D eigenvalue weighted by atomic mass is 9.91. The first-order valence-electron chi connectivity index (χ1n) is 9.44. The van der Waals surface area contributed by atoms with E-state index in [0.29, 0.717) is 12.0 Å². The first kappa shape index (κ1) is 22.4. The van der Waals surface area contributed by atoms with E-state index in [1.54, 1.807) is 0 Å². The molecule has 2 amide bonds. The summed E-state index contributed by atoms with van der Waals surface area (Å²) >= 11 is 0. The normalized spacial score (nSPS) is 13.8. The van der Waals surface area contributed by atoms with Crippen LogP contribution >= 0.6 is 0 Å². The quantitative estimate of drug-likeness (QED) is 0.698. The van der Waals surface area contributed by atoms with Crippen molar-refractivity contribution in [2.24, 2.45) is 5.92 Å². The SMILES string of the molecule is COC(=O)N(C)C(=O)C(CCC(O)c1ccc(F)cc1)C(C)Nc1ccccc1. The van der Waals surface area contributed by atoms with Gasteiger partial charge in [0.15, 0.2) is 0 Å². The molecule has 0 fully saturated rings. The topological polar surface area (TPSA) is 78.9 Å². The highest BCUT2D eigenvalue weighted by Crippen LogP contribution is 2.25. The standard InChI is InChI=1S/C22H27FN2O4/c1-15(24-18-7-5-4-6-8-18)19(21(27)25(2)22(28)29-3)13-14-20(26)16-9-11-17(23)12-10-16/h4-12,15,19-20,24,26H,13-14H2,1-3H3. The summed E-state index contributed by atoms with van der Waals surface area (Å²) in [6, 6.07) is 14.7. The summed E-state index contributed by atoms with van der Waals surface area (Å²) in [7, 11) is 2.58. The van der Waals surface area contributed by atoms with Crippen LogP contribution in [0, 0.1) is 11.7 Å². The maximum Gasteiger partial charge on any atom is 0.415 e. The molecule has 2 aromatic rings. The number of amides is 2. The number of carbonyl (C=O) groups is 2. The van der Waals surface area contributed by atoms with Gasteiger partial charge in [-0.1, -0.05) is 30.3 Å². The summed E-state index contributed by atoms with van der Waals surface area (Å²) in [6.45, 7) is 1.85. The Bertz CT molecular complexity index is 798. The number of para-hydroxylation sites is 1. The molecule has 0 radical (unpaired) electrons. The summed E-state index contributed by atoms with van der Waals surface area (Å²) < 4.78 is 17.7. The van der Waals surface area contributed by atoms with Crippen molar-refractivity contribution in [2.75, 3.05) is 19.5 Å². The second kappa shape index (κ2) is 10.6.